The van der Waals surface area contributed by atoms with E-state index in [2.05, 4.69) is 20.8 Å². The van der Waals surface area contributed by atoms with Gasteiger partial charge >= 0.3 is 0 Å². The van der Waals surface area contributed by atoms with Crippen molar-refractivity contribution in [2.24, 2.45) is 5.90 Å². The van der Waals surface area contributed by atoms with Crippen molar-refractivity contribution >= 4 is 15.9 Å². The highest BCUT2D eigenvalue weighted by Crippen LogP contribution is 2.38. The summed E-state index contributed by atoms with van der Waals surface area (Å²) in [4.78, 5) is 4.26. The molecule has 0 saturated carbocycles. The average Bonchev–Trinajstić information content (AvgIpc) is 2.12. The predicted octanol–water partition coefficient (Wildman–Crippen LogP) is 1.69. The molecule has 0 aliphatic heterocycles. The van der Waals surface area contributed by atoms with Gasteiger partial charge in [0.1, 0.15) is 5.82 Å². The van der Waals surface area contributed by atoms with Crippen molar-refractivity contribution in [3.63, 3.8) is 0 Å². The van der Waals surface area contributed by atoms with E-state index in [0.717, 1.165) is 0 Å². The van der Waals surface area contributed by atoms with E-state index in [1.165, 1.54) is 13.2 Å². The number of hydrogen-bond donors (Lipinski definition) is 2. The zero-order chi connectivity index (χ0) is 10.7. The van der Waals surface area contributed by atoms with Crippen LogP contribution in [0.15, 0.2) is 10.5 Å². The largest absolute Gasteiger partial charge is 0.504 e. The highest BCUT2D eigenvalue weighted by molar-refractivity contribution is 9.10. The van der Waals surface area contributed by atoms with Crippen LogP contribution in [0.25, 0.3) is 0 Å². The first-order valence-corrected chi connectivity index (χ1v) is 4.46. The van der Waals surface area contributed by atoms with E-state index in [1.807, 2.05) is 0 Å². The molecule has 6 heteroatoms. The molecule has 0 aliphatic carbocycles. The summed E-state index contributed by atoms with van der Waals surface area (Å²) in [5.41, 5.74) is -0.0347. The monoisotopic (exact) mass is 265 g/mol. The lowest BCUT2D eigenvalue weighted by Gasteiger charge is -2.10. The molecule has 1 rings (SSSR count). The topological polar surface area (TPSA) is 64.7 Å². The summed E-state index contributed by atoms with van der Waals surface area (Å²) in [6.07, 6.45) is 0. The van der Waals surface area contributed by atoms with Crippen LogP contribution in [0.4, 0.5) is 4.39 Å². The summed E-state index contributed by atoms with van der Waals surface area (Å²) in [5.74, 6) is 4.02. The lowest BCUT2D eigenvalue weighted by Crippen LogP contribution is -2.02. The van der Waals surface area contributed by atoms with Gasteiger partial charge < -0.3 is 9.84 Å². The van der Waals surface area contributed by atoms with Crippen LogP contribution in [-0.2, 0) is 11.4 Å². The molecule has 1 aromatic rings. The van der Waals surface area contributed by atoms with Gasteiger partial charge in [-0.1, -0.05) is 0 Å². The van der Waals surface area contributed by atoms with Gasteiger partial charge in [-0.15, -0.1) is 0 Å². The molecule has 1 aromatic carbocycles. The number of nitrogens with two attached hydrogens (primary N) is 1. The molecule has 0 fully saturated rings. The number of hydrogen-bond acceptors (Lipinski definition) is 4. The highest BCUT2D eigenvalue weighted by Gasteiger charge is 2.17. The third kappa shape index (κ3) is 1.97. The van der Waals surface area contributed by atoms with E-state index in [1.54, 1.807) is 0 Å². The van der Waals surface area contributed by atoms with Gasteiger partial charge in [0.25, 0.3) is 0 Å². The SMILES string of the molecule is COc1c(Br)cc(F)c(CON)c1O. The zero-order valence-corrected chi connectivity index (χ0v) is 8.97. The molecule has 78 valence electrons. The fourth-order valence-corrected chi connectivity index (χ4v) is 1.59. The Morgan fingerprint density at radius 3 is 2.79 bits per heavy atom. The lowest BCUT2D eigenvalue weighted by molar-refractivity contribution is 0.119. The number of methoxy groups -OCH3 is 1. The third-order valence-corrected chi connectivity index (χ3v) is 2.28. The van der Waals surface area contributed by atoms with Gasteiger partial charge in [0.15, 0.2) is 11.5 Å². The Morgan fingerprint density at radius 2 is 2.29 bits per heavy atom. The molecule has 0 amide bonds. The van der Waals surface area contributed by atoms with Crippen molar-refractivity contribution in [3.8, 4) is 11.5 Å². The molecular formula is C8H9BrFNO3. The summed E-state index contributed by atoms with van der Waals surface area (Å²) < 4.78 is 18.4. The Balaban J connectivity index is 3.28. The van der Waals surface area contributed by atoms with Crippen molar-refractivity contribution < 1.29 is 19.1 Å². The van der Waals surface area contributed by atoms with Crippen molar-refractivity contribution in [2.45, 2.75) is 6.61 Å². The molecule has 0 atom stereocenters. The van der Waals surface area contributed by atoms with Gasteiger partial charge in [0.05, 0.1) is 23.8 Å². The molecule has 0 aromatic heterocycles. The van der Waals surface area contributed by atoms with Crippen molar-refractivity contribution in [2.75, 3.05) is 7.11 Å². The second kappa shape index (κ2) is 4.59. The molecule has 3 N–H and O–H groups in total. The molecule has 0 heterocycles. The Kier molecular flexibility index (Phi) is 3.68. The van der Waals surface area contributed by atoms with Crippen LogP contribution in [0.3, 0.4) is 0 Å². The van der Waals surface area contributed by atoms with Crippen LogP contribution in [-0.4, -0.2) is 12.2 Å². The molecule has 0 radical (unpaired) electrons. The number of ether oxygens (including phenoxy) is 1. The minimum absolute atomic E-state index is 0.0347. The highest BCUT2D eigenvalue weighted by atomic mass is 79.9. The Morgan fingerprint density at radius 1 is 1.64 bits per heavy atom. The van der Waals surface area contributed by atoms with Gasteiger partial charge in [0.2, 0.25) is 0 Å². The Labute approximate surface area is 88.5 Å². The van der Waals surface area contributed by atoms with E-state index in [-0.39, 0.29) is 23.7 Å². The third-order valence-electron chi connectivity index (χ3n) is 1.69. The fourth-order valence-electron chi connectivity index (χ4n) is 1.04. The maximum atomic E-state index is 13.2. The molecule has 0 saturated heterocycles. The number of phenols is 1. The van der Waals surface area contributed by atoms with Crippen molar-refractivity contribution in [3.05, 3.63) is 21.9 Å². The fraction of sp³-hybridized carbons (Fsp3) is 0.250. The summed E-state index contributed by atoms with van der Waals surface area (Å²) in [7, 11) is 1.37. The van der Waals surface area contributed by atoms with Crippen LogP contribution >= 0.6 is 15.9 Å². The van der Waals surface area contributed by atoms with Crippen LogP contribution < -0.4 is 10.6 Å². The van der Waals surface area contributed by atoms with E-state index in [9.17, 15) is 9.50 Å². The summed E-state index contributed by atoms with van der Waals surface area (Å²) in [6.45, 7) is -0.221. The molecular weight excluding hydrogens is 257 g/mol. The molecule has 0 spiro atoms. The number of aromatic hydroxyl groups is 1. The molecule has 14 heavy (non-hydrogen) atoms. The van der Waals surface area contributed by atoms with Gasteiger partial charge in [-0.05, 0) is 22.0 Å². The first-order valence-electron chi connectivity index (χ1n) is 3.67. The van der Waals surface area contributed by atoms with Crippen molar-refractivity contribution in [1.29, 1.82) is 0 Å². The average molecular weight is 266 g/mol. The number of benzene rings is 1. The zero-order valence-electron chi connectivity index (χ0n) is 7.38. The molecule has 4 nitrogen and oxygen atoms in total. The molecule has 0 bridgehead atoms. The number of halogens is 2. The number of rotatable bonds is 3. The van der Waals surface area contributed by atoms with Gasteiger partial charge in [-0.3, -0.25) is 4.84 Å². The van der Waals surface area contributed by atoms with Crippen LogP contribution in [0.5, 0.6) is 11.5 Å². The van der Waals surface area contributed by atoms with E-state index >= 15 is 0 Å². The minimum Gasteiger partial charge on any atom is -0.504 e. The predicted molar refractivity (Wildman–Crippen MR) is 51.3 cm³/mol. The first kappa shape index (κ1) is 11.2. The van der Waals surface area contributed by atoms with Crippen LogP contribution in [0.1, 0.15) is 5.56 Å². The van der Waals surface area contributed by atoms with E-state index < -0.39 is 5.82 Å². The Bertz CT molecular complexity index is 346. The number of phenolic OH excluding ortho intramolecular Hbond substituents is 1. The first-order chi connectivity index (χ1) is 6.61. The standard InChI is InChI=1S/C8H9BrFNO3/c1-13-8-5(9)2-6(10)4(3-14-11)7(8)12/h2,12H,3,11H2,1H3. The lowest BCUT2D eigenvalue weighted by atomic mass is 10.2. The molecule has 0 unspecified atom stereocenters. The van der Waals surface area contributed by atoms with E-state index in [4.69, 9.17) is 10.6 Å². The maximum Gasteiger partial charge on any atom is 0.175 e. The summed E-state index contributed by atoms with van der Waals surface area (Å²) >= 11 is 3.05. The van der Waals surface area contributed by atoms with Gasteiger partial charge in [0, 0.05) is 0 Å². The quantitative estimate of drug-likeness (QED) is 0.817. The summed E-state index contributed by atoms with van der Waals surface area (Å²) in [5, 5.41) is 9.55. The van der Waals surface area contributed by atoms with Gasteiger partial charge in [-0.25, -0.2) is 10.3 Å². The second-order valence-electron chi connectivity index (χ2n) is 2.51. The normalized spacial score (nSPS) is 10.3. The maximum absolute atomic E-state index is 13.2. The minimum atomic E-state index is -0.611. The van der Waals surface area contributed by atoms with E-state index in [0.29, 0.717) is 4.47 Å². The van der Waals surface area contributed by atoms with Crippen molar-refractivity contribution in [1.82, 2.24) is 0 Å². The van der Waals surface area contributed by atoms with Gasteiger partial charge in [-0.2, -0.15) is 0 Å². The van der Waals surface area contributed by atoms with Crippen LogP contribution in [0, 0.1) is 5.82 Å². The summed E-state index contributed by atoms with van der Waals surface area (Å²) in [6, 6.07) is 1.17. The van der Waals surface area contributed by atoms with Crippen LogP contribution in [0.2, 0.25) is 0 Å². The molecule has 0 aliphatic rings. The smallest absolute Gasteiger partial charge is 0.175 e. The Hall–Kier alpha value is -0.850. The second-order valence-corrected chi connectivity index (χ2v) is 3.37.